The van der Waals surface area contributed by atoms with E-state index in [9.17, 15) is 18.0 Å². The second-order valence-electron chi connectivity index (χ2n) is 4.09. The number of para-hydroxylation sites is 1. The van der Waals surface area contributed by atoms with Crippen LogP contribution in [0.15, 0.2) is 24.3 Å². The molecule has 0 aliphatic rings. The molecule has 0 atom stereocenters. The summed E-state index contributed by atoms with van der Waals surface area (Å²) in [5.74, 6) is -0.473. The molecule has 2 rings (SSSR count). The van der Waals surface area contributed by atoms with Crippen LogP contribution in [0.1, 0.15) is 23.3 Å². The van der Waals surface area contributed by atoms with Crippen molar-refractivity contribution in [2.24, 2.45) is 0 Å². The number of aromatic amines is 1. The van der Waals surface area contributed by atoms with Gasteiger partial charge < -0.3 is 5.32 Å². The summed E-state index contributed by atoms with van der Waals surface area (Å²) in [5.41, 5.74) is 0.908. The first-order valence-electron chi connectivity index (χ1n) is 5.75. The number of benzene rings is 1. The second kappa shape index (κ2) is 5.29. The molecule has 0 saturated carbocycles. The van der Waals surface area contributed by atoms with Gasteiger partial charge in [-0.05, 0) is 12.5 Å². The summed E-state index contributed by atoms with van der Waals surface area (Å²) in [4.78, 5) is 11.8. The highest BCUT2D eigenvalue weighted by atomic mass is 19.4. The number of hydrogen-bond donors (Lipinski definition) is 2. The average molecular weight is 271 g/mol. The summed E-state index contributed by atoms with van der Waals surface area (Å²) in [5, 5.41) is 9.63. The van der Waals surface area contributed by atoms with E-state index in [4.69, 9.17) is 0 Å². The van der Waals surface area contributed by atoms with Crippen LogP contribution in [0.4, 0.5) is 13.2 Å². The molecule has 0 aliphatic heterocycles. The smallest absolute Gasteiger partial charge is 0.351 e. The van der Waals surface area contributed by atoms with Crippen LogP contribution < -0.4 is 5.32 Å². The van der Waals surface area contributed by atoms with Gasteiger partial charge in [0.1, 0.15) is 0 Å². The molecule has 0 aliphatic carbocycles. The molecule has 102 valence electrons. The summed E-state index contributed by atoms with van der Waals surface area (Å²) in [6.07, 6.45) is -5.24. The fraction of sp³-hybridized carbons (Fsp3) is 0.333. The third kappa shape index (κ3) is 3.46. The third-order valence-corrected chi connectivity index (χ3v) is 2.61. The molecule has 7 heteroatoms. The second-order valence-corrected chi connectivity index (χ2v) is 4.09. The molecule has 2 aromatic rings. The topological polar surface area (TPSA) is 57.8 Å². The van der Waals surface area contributed by atoms with Gasteiger partial charge in [-0.1, -0.05) is 18.2 Å². The Morgan fingerprint density at radius 3 is 2.79 bits per heavy atom. The predicted molar refractivity (Wildman–Crippen MR) is 63.7 cm³/mol. The Bertz CT molecular complexity index is 577. The lowest BCUT2D eigenvalue weighted by atomic mass is 10.2. The van der Waals surface area contributed by atoms with Gasteiger partial charge in [0.2, 0.25) is 0 Å². The van der Waals surface area contributed by atoms with E-state index in [-0.39, 0.29) is 18.7 Å². The summed E-state index contributed by atoms with van der Waals surface area (Å²) >= 11 is 0. The van der Waals surface area contributed by atoms with E-state index >= 15 is 0 Å². The zero-order valence-electron chi connectivity index (χ0n) is 9.92. The minimum Gasteiger partial charge on any atom is -0.351 e. The molecule has 2 N–H and O–H groups in total. The fourth-order valence-electron chi connectivity index (χ4n) is 1.71. The van der Waals surface area contributed by atoms with Crippen molar-refractivity contribution in [1.29, 1.82) is 0 Å². The lowest BCUT2D eigenvalue weighted by Gasteiger charge is -2.06. The van der Waals surface area contributed by atoms with Gasteiger partial charge in [-0.2, -0.15) is 18.3 Å². The first kappa shape index (κ1) is 13.4. The van der Waals surface area contributed by atoms with Crippen molar-refractivity contribution in [2.75, 3.05) is 6.54 Å². The Balaban J connectivity index is 1.93. The maximum absolute atomic E-state index is 11.9. The number of H-pyrrole nitrogens is 1. The van der Waals surface area contributed by atoms with Gasteiger partial charge in [-0.15, -0.1) is 0 Å². The normalized spacial score (nSPS) is 11.7. The number of rotatable bonds is 4. The molecule has 0 radical (unpaired) electrons. The SMILES string of the molecule is O=C(NCCCC(F)(F)F)c1n[nH]c2ccccc12. The van der Waals surface area contributed by atoms with Gasteiger partial charge in [0.15, 0.2) is 5.69 Å². The lowest BCUT2D eigenvalue weighted by Crippen LogP contribution is -2.26. The van der Waals surface area contributed by atoms with E-state index in [0.717, 1.165) is 0 Å². The number of carbonyl (C=O) groups excluding carboxylic acids is 1. The standard InChI is InChI=1S/C12H12F3N3O/c13-12(14,15)6-3-7-16-11(19)10-8-4-1-2-5-9(8)17-18-10/h1-2,4-5H,3,6-7H2,(H,16,19)(H,17,18). The zero-order valence-corrected chi connectivity index (χ0v) is 9.92. The van der Waals surface area contributed by atoms with E-state index in [0.29, 0.717) is 10.9 Å². The number of carbonyl (C=O) groups is 1. The summed E-state index contributed by atoms with van der Waals surface area (Å²) in [6, 6.07) is 7.05. The monoisotopic (exact) mass is 271 g/mol. The molecule has 1 aromatic carbocycles. The van der Waals surface area contributed by atoms with E-state index in [1.807, 2.05) is 0 Å². The number of fused-ring (bicyclic) bond motifs is 1. The maximum Gasteiger partial charge on any atom is 0.389 e. The summed E-state index contributed by atoms with van der Waals surface area (Å²) in [7, 11) is 0. The molecule has 0 saturated heterocycles. The number of halogens is 3. The Hall–Kier alpha value is -2.05. The molecule has 19 heavy (non-hydrogen) atoms. The van der Waals surface area contributed by atoms with Gasteiger partial charge in [0, 0.05) is 18.4 Å². The van der Waals surface area contributed by atoms with Crippen molar-refractivity contribution in [2.45, 2.75) is 19.0 Å². The van der Waals surface area contributed by atoms with E-state index in [1.165, 1.54) is 0 Å². The first-order valence-corrected chi connectivity index (χ1v) is 5.75. The van der Waals surface area contributed by atoms with Crippen LogP contribution in [0.25, 0.3) is 10.9 Å². The van der Waals surface area contributed by atoms with Crippen molar-refractivity contribution in [1.82, 2.24) is 15.5 Å². The van der Waals surface area contributed by atoms with Crippen molar-refractivity contribution in [3.63, 3.8) is 0 Å². The van der Waals surface area contributed by atoms with Crippen LogP contribution in [0, 0.1) is 0 Å². The van der Waals surface area contributed by atoms with Crippen LogP contribution in [0.2, 0.25) is 0 Å². The van der Waals surface area contributed by atoms with Crippen LogP contribution in [0.5, 0.6) is 0 Å². The predicted octanol–water partition coefficient (Wildman–Crippen LogP) is 2.64. The largest absolute Gasteiger partial charge is 0.389 e. The molecule has 1 heterocycles. The highest BCUT2D eigenvalue weighted by molar-refractivity contribution is 6.04. The van der Waals surface area contributed by atoms with Gasteiger partial charge in [0.05, 0.1) is 5.52 Å². The third-order valence-electron chi connectivity index (χ3n) is 2.61. The number of nitrogens with zero attached hydrogens (tertiary/aromatic N) is 1. The quantitative estimate of drug-likeness (QED) is 0.840. The van der Waals surface area contributed by atoms with Gasteiger partial charge in [0.25, 0.3) is 5.91 Å². The number of nitrogens with one attached hydrogen (secondary N) is 2. The Kier molecular flexibility index (Phi) is 3.73. The average Bonchev–Trinajstić information content (AvgIpc) is 2.77. The van der Waals surface area contributed by atoms with Crippen LogP contribution in [0.3, 0.4) is 0 Å². The fourth-order valence-corrected chi connectivity index (χ4v) is 1.71. The van der Waals surface area contributed by atoms with Gasteiger partial charge in [-0.3, -0.25) is 9.89 Å². The molecule has 0 spiro atoms. The van der Waals surface area contributed by atoms with Crippen LogP contribution >= 0.6 is 0 Å². The molecule has 0 unspecified atom stereocenters. The van der Waals surface area contributed by atoms with Crippen molar-refractivity contribution in [3.05, 3.63) is 30.0 Å². The summed E-state index contributed by atoms with van der Waals surface area (Å²) in [6.45, 7) is -0.0282. The molecule has 0 bridgehead atoms. The van der Waals surface area contributed by atoms with Gasteiger partial charge in [-0.25, -0.2) is 0 Å². The Morgan fingerprint density at radius 2 is 2.05 bits per heavy atom. The van der Waals surface area contributed by atoms with Crippen molar-refractivity contribution >= 4 is 16.8 Å². The zero-order chi connectivity index (χ0) is 13.9. The van der Waals surface area contributed by atoms with E-state index < -0.39 is 18.5 Å². The molecule has 1 aromatic heterocycles. The van der Waals surface area contributed by atoms with Crippen molar-refractivity contribution in [3.8, 4) is 0 Å². The minimum absolute atomic E-state index is 0.0282. The van der Waals surface area contributed by atoms with E-state index in [2.05, 4.69) is 15.5 Å². The van der Waals surface area contributed by atoms with E-state index in [1.54, 1.807) is 24.3 Å². The van der Waals surface area contributed by atoms with Crippen LogP contribution in [-0.4, -0.2) is 28.8 Å². The number of alkyl halides is 3. The minimum atomic E-state index is -4.19. The molecule has 4 nitrogen and oxygen atoms in total. The molecular formula is C12H12F3N3O. The lowest BCUT2D eigenvalue weighted by molar-refractivity contribution is -0.135. The Labute approximate surface area is 107 Å². The number of aromatic nitrogens is 2. The number of hydrogen-bond acceptors (Lipinski definition) is 2. The maximum atomic E-state index is 11.9. The van der Waals surface area contributed by atoms with Crippen LogP contribution in [-0.2, 0) is 0 Å². The van der Waals surface area contributed by atoms with Gasteiger partial charge >= 0.3 is 6.18 Å². The van der Waals surface area contributed by atoms with Crippen molar-refractivity contribution < 1.29 is 18.0 Å². The highest BCUT2D eigenvalue weighted by Gasteiger charge is 2.26. The summed E-state index contributed by atoms with van der Waals surface area (Å²) < 4.78 is 35.8. The highest BCUT2D eigenvalue weighted by Crippen LogP contribution is 2.20. The molecule has 1 amide bonds. The molecular weight excluding hydrogens is 259 g/mol. The first-order chi connectivity index (χ1) is 8.97. The molecule has 0 fully saturated rings. The Morgan fingerprint density at radius 1 is 1.32 bits per heavy atom. The number of amides is 1.